The van der Waals surface area contributed by atoms with Crippen molar-refractivity contribution in [1.82, 2.24) is 0 Å². The number of methoxy groups -OCH3 is 4. The molecule has 0 radical (unpaired) electrons. The van der Waals surface area contributed by atoms with Crippen LogP contribution in [-0.4, -0.2) is 39.8 Å². The molecule has 2 aromatic carbocycles. The Bertz CT molecular complexity index is 939. The van der Waals surface area contributed by atoms with Crippen molar-refractivity contribution < 1.29 is 28.5 Å². The van der Waals surface area contributed by atoms with E-state index in [0.717, 1.165) is 24.0 Å². The number of benzene rings is 2. The lowest BCUT2D eigenvalue weighted by Gasteiger charge is -2.31. The minimum Gasteiger partial charge on any atom is -0.493 e. The van der Waals surface area contributed by atoms with Crippen LogP contribution in [0.15, 0.2) is 36.4 Å². The molecule has 6 nitrogen and oxygen atoms in total. The molecule has 1 saturated carbocycles. The van der Waals surface area contributed by atoms with E-state index in [2.05, 4.69) is 0 Å². The van der Waals surface area contributed by atoms with Crippen LogP contribution in [0.4, 0.5) is 0 Å². The van der Waals surface area contributed by atoms with Crippen LogP contribution in [0, 0.1) is 0 Å². The van der Waals surface area contributed by atoms with Gasteiger partial charge in [-0.25, -0.2) is 0 Å². The zero-order valence-electron chi connectivity index (χ0n) is 17.9. The fraction of sp³-hybridized carbons (Fsp3) is 0.458. The molecule has 4 rings (SSSR count). The zero-order chi connectivity index (χ0) is 21.3. The van der Waals surface area contributed by atoms with Gasteiger partial charge in [0.1, 0.15) is 5.60 Å². The third-order valence-corrected chi connectivity index (χ3v) is 6.41. The average Bonchev–Trinajstić information content (AvgIpc) is 3.37. The number of hydrogen-bond donors (Lipinski definition) is 0. The molecule has 30 heavy (non-hydrogen) atoms. The molecule has 1 saturated heterocycles. The van der Waals surface area contributed by atoms with E-state index in [9.17, 15) is 4.79 Å². The van der Waals surface area contributed by atoms with E-state index in [0.29, 0.717) is 35.8 Å². The molecule has 2 fully saturated rings. The van der Waals surface area contributed by atoms with Gasteiger partial charge in [-0.1, -0.05) is 12.1 Å². The first-order valence-electron chi connectivity index (χ1n) is 10.2. The Labute approximate surface area is 177 Å². The largest absolute Gasteiger partial charge is 0.493 e. The van der Waals surface area contributed by atoms with Gasteiger partial charge in [-0.05, 0) is 54.7 Å². The van der Waals surface area contributed by atoms with Crippen LogP contribution in [0.25, 0.3) is 0 Å². The van der Waals surface area contributed by atoms with Gasteiger partial charge >= 0.3 is 0 Å². The highest BCUT2D eigenvalue weighted by molar-refractivity contribution is 5.91. The lowest BCUT2D eigenvalue weighted by atomic mass is 9.82. The highest BCUT2D eigenvalue weighted by Gasteiger charge is 2.56. The summed E-state index contributed by atoms with van der Waals surface area (Å²) in [6.45, 7) is 0. The van der Waals surface area contributed by atoms with Gasteiger partial charge in [0.15, 0.2) is 28.8 Å². The molecule has 1 aliphatic carbocycles. The van der Waals surface area contributed by atoms with Gasteiger partial charge < -0.3 is 23.7 Å². The van der Waals surface area contributed by atoms with Crippen LogP contribution in [0.5, 0.6) is 23.0 Å². The Morgan fingerprint density at radius 1 is 0.800 bits per heavy atom. The SMILES string of the molecule is COc1ccc(C2CCC3(O2)C(=O)CCC3c2ccc(OC)c(OC)c2)cc1OC. The molecule has 1 spiro atoms. The third kappa shape index (κ3) is 3.29. The molecular weight excluding hydrogens is 384 g/mol. The third-order valence-electron chi connectivity index (χ3n) is 6.41. The molecule has 2 aromatic rings. The fourth-order valence-electron chi connectivity index (χ4n) is 4.89. The van der Waals surface area contributed by atoms with Gasteiger partial charge in [-0.15, -0.1) is 0 Å². The number of carbonyl (C=O) groups excluding carboxylic acids is 1. The maximum Gasteiger partial charge on any atom is 0.165 e. The van der Waals surface area contributed by atoms with Gasteiger partial charge in [0.05, 0.1) is 34.5 Å². The number of ether oxygens (including phenoxy) is 5. The number of carbonyl (C=O) groups is 1. The summed E-state index contributed by atoms with van der Waals surface area (Å²) in [4.78, 5) is 13.0. The van der Waals surface area contributed by atoms with Crippen LogP contribution in [0.3, 0.4) is 0 Å². The maximum absolute atomic E-state index is 13.0. The van der Waals surface area contributed by atoms with Crippen LogP contribution >= 0.6 is 0 Å². The van der Waals surface area contributed by atoms with E-state index in [-0.39, 0.29) is 17.8 Å². The standard InChI is InChI=1S/C24H28O6/c1-26-19-8-5-15(13-21(19)28-3)17-7-10-23(25)24(17)12-11-18(30-24)16-6-9-20(27-2)22(14-16)29-4/h5-6,8-9,13-14,17-18H,7,10-12H2,1-4H3. The Morgan fingerprint density at radius 2 is 1.37 bits per heavy atom. The zero-order valence-corrected chi connectivity index (χ0v) is 17.9. The lowest BCUT2D eigenvalue weighted by molar-refractivity contribution is -0.140. The molecule has 1 heterocycles. The first kappa shape index (κ1) is 20.5. The van der Waals surface area contributed by atoms with Crippen molar-refractivity contribution in [3.8, 4) is 23.0 Å². The van der Waals surface area contributed by atoms with Gasteiger partial charge in [0.25, 0.3) is 0 Å². The first-order chi connectivity index (χ1) is 14.6. The summed E-state index contributed by atoms with van der Waals surface area (Å²) in [5.41, 5.74) is 1.25. The smallest absolute Gasteiger partial charge is 0.165 e. The van der Waals surface area contributed by atoms with Crippen molar-refractivity contribution in [2.75, 3.05) is 28.4 Å². The predicted octanol–water partition coefficient (Wildman–Crippen LogP) is 4.46. The van der Waals surface area contributed by atoms with Crippen molar-refractivity contribution >= 4 is 5.78 Å². The molecule has 3 unspecified atom stereocenters. The van der Waals surface area contributed by atoms with Crippen molar-refractivity contribution in [3.63, 3.8) is 0 Å². The van der Waals surface area contributed by atoms with E-state index in [1.807, 2.05) is 36.4 Å². The molecule has 2 aliphatic rings. The molecule has 3 atom stereocenters. The van der Waals surface area contributed by atoms with Gasteiger partial charge in [-0.3, -0.25) is 4.79 Å². The molecule has 0 bridgehead atoms. The normalized spacial score (nSPS) is 25.5. The number of Topliss-reactive ketones (excluding diaryl/α,β-unsaturated/α-hetero) is 1. The summed E-state index contributed by atoms with van der Waals surface area (Å²) in [5.74, 6) is 2.86. The lowest BCUT2D eigenvalue weighted by Crippen LogP contribution is -2.38. The van der Waals surface area contributed by atoms with Crippen LogP contribution in [0.1, 0.15) is 48.8 Å². The molecule has 0 N–H and O–H groups in total. The van der Waals surface area contributed by atoms with E-state index in [1.165, 1.54) is 0 Å². The Balaban J connectivity index is 1.64. The molecule has 0 aromatic heterocycles. The van der Waals surface area contributed by atoms with Gasteiger partial charge in [0.2, 0.25) is 0 Å². The molecular formula is C24H28O6. The highest BCUT2D eigenvalue weighted by atomic mass is 16.5. The van der Waals surface area contributed by atoms with Crippen molar-refractivity contribution in [2.24, 2.45) is 0 Å². The molecule has 160 valence electrons. The highest BCUT2D eigenvalue weighted by Crippen LogP contribution is 2.54. The van der Waals surface area contributed by atoms with Gasteiger partial charge in [0, 0.05) is 12.3 Å². The summed E-state index contributed by atoms with van der Waals surface area (Å²) in [6, 6.07) is 11.7. The maximum atomic E-state index is 13.0. The van der Waals surface area contributed by atoms with E-state index >= 15 is 0 Å². The predicted molar refractivity (Wildman–Crippen MR) is 112 cm³/mol. The minimum absolute atomic E-state index is 0.00468. The number of rotatable bonds is 6. The molecule has 0 amide bonds. The van der Waals surface area contributed by atoms with E-state index in [4.69, 9.17) is 23.7 Å². The van der Waals surface area contributed by atoms with Crippen LogP contribution < -0.4 is 18.9 Å². The summed E-state index contributed by atoms with van der Waals surface area (Å²) in [7, 11) is 6.47. The summed E-state index contributed by atoms with van der Waals surface area (Å²) >= 11 is 0. The van der Waals surface area contributed by atoms with Crippen molar-refractivity contribution in [1.29, 1.82) is 0 Å². The van der Waals surface area contributed by atoms with Crippen LogP contribution in [0.2, 0.25) is 0 Å². The van der Waals surface area contributed by atoms with Crippen molar-refractivity contribution in [2.45, 2.75) is 43.3 Å². The summed E-state index contributed by atoms with van der Waals surface area (Å²) in [5, 5.41) is 0. The Kier molecular flexibility index (Phi) is 5.60. The second kappa shape index (κ2) is 8.19. The topological polar surface area (TPSA) is 63.2 Å². The minimum atomic E-state index is -0.794. The van der Waals surface area contributed by atoms with E-state index in [1.54, 1.807) is 28.4 Å². The summed E-state index contributed by atoms with van der Waals surface area (Å²) < 4.78 is 28.2. The van der Waals surface area contributed by atoms with Crippen LogP contribution in [-0.2, 0) is 9.53 Å². The number of ketones is 1. The Morgan fingerprint density at radius 3 is 1.97 bits per heavy atom. The van der Waals surface area contributed by atoms with Crippen molar-refractivity contribution in [3.05, 3.63) is 47.5 Å². The molecule has 6 heteroatoms. The second-order valence-corrected chi connectivity index (χ2v) is 7.78. The van der Waals surface area contributed by atoms with Gasteiger partial charge in [-0.2, -0.15) is 0 Å². The first-order valence-corrected chi connectivity index (χ1v) is 10.2. The monoisotopic (exact) mass is 412 g/mol. The Hall–Kier alpha value is -2.73. The molecule has 1 aliphatic heterocycles. The fourth-order valence-corrected chi connectivity index (χ4v) is 4.89. The second-order valence-electron chi connectivity index (χ2n) is 7.78. The summed E-state index contributed by atoms with van der Waals surface area (Å²) in [6.07, 6.45) is 2.62. The average molecular weight is 412 g/mol. The quantitative estimate of drug-likeness (QED) is 0.698. The van der Waals surface area contributed by atoms with E-state index < -0.39 is 5.60 Å². The number of hydrogen-bond acceptors (Lipinski definition) is 6.